The molecule has 1 aromatic carbocycles. The Morgan fingerprint density at radius 2 is 1.90 bits per heavy atom. The van der Waals surface area contributed by atoms with Gasteiger partial charge in [-0.3, -0.25) is 0 Å². The summed E-state index contributed by atoms with van der Waals surface area (Å²) in [5.41, 5.74) is 0.299. The average Bonchev–Trinajstić information content (AvgIpc) is 3.54. The highest BCUT2D eigenvalue weighted by Crippen LogP contribution is 2.58. The van der Waals surface area contributed by atoms with Gasteiger partial charge in [-0.2, -0.15) is 13.2 Å². The summed E-state index contributed by atoms with van der Waals surface area (Å²) in [6.07, 6.45) is 0.338. The molecular weight excluding hydrogens is 431 g/mol. The normalized spacial score (nSPS) is 25.6. The largest absolute Gasteiger partial charge is 0.398 e. The van der Waals surface area contributed by atoms with E-state index in [0.717, 1.165) is 24.2 Å². The van der Waals surface area contributed by atoms with Crippen LogP contribution in [0.4, 0.5) is 13.2 Å². The van der Waals surface area contributed by atoms with E-state index in [1.807, 2.05) is 19.3 Å². The first kappa shape index (κ1) is 22.2. The van der Waals surface area contributed by atoms with Gasteiger partial charge in [0.2, 0.25) is 10.0 Å². The van der Waals surface area contributed by atoms with E-state index in [-0.39, 0.29) is 23.3 Å². The number of benzene rings is 1. The van der Waals surface area contributed by atoms with Crippen LogP contribution in [0.25, 0.3) is 0 Å². The number of sulfonamides is 1. The third kappa shape index (κ3) is 4.20. The Balaban J connectivity index is 1.52. The maximum absolute atomic E-state index is 13.3. The molecule has 31 heavy (non-hydrogen) atoms. The second kappa shape index (κ2) is 7.83. The second-order valence-corrected chi connectivity index (χ2v) is 10.1. The van der Waals surface area contributed by atoms with Gasteiger partial charge in [0.05, 0.1) is 16.4 Å². The molecular formula is C21H26F3N3O3S. The molecule has 2 N–H and O–H groups in total. The van der Waals surface area contributed by atoms with Gasteiger partial charge in [-0.25, -0.2) is 13.1 Å². The zero-order valence-corrected chi connectivity index (χ0v) is 18.2. The van der Waals surface area contributed by atoms with Gasteiger partial charge in [0.25, 0.3) is 0 Å². The molecule has 0 aromatic heterocycles. The number of ether oxygens (including phenoxy) is 1. The van der Waals surface area contributed by atoms with Crippen molar-refractivity contribution in [2.75, 3.05) is 20.7 Å². The van der Waals surface area contributed by atoms with Crippen LogP contribution in [-0.4, -0.2) is 52.5 Å². The van der Waals surface area contributed by atoms with Crippen molar-refractivity contribution in [3.05, 3.63) is 53.4 Å². The summed E-state index contributed by atoms with van der Waals surface area (Å²) in [6.45, 7) is 0.816. The number of nitrogens with one attached hydrogen (secondary N) is 2. The first-order valence-corrected chi connectivity index (χ1v) is 11.6. The third-order valence-corrected chi connectivity index (χ3v) is 7.85. The van der Waals surface area contributed by atoms with Crippen molar-refractivity contribution < 1.29 is 26.3 Å². The zero-order valence-electron chi connectivity index (χ0n) is 17.4. The van der Waals surface area contributed by atoms with Crippen LogP contribution in [0.1, 0.15) is 31.2 Å². The number of alkyl halides is 3. The van der Waals surface area contributed by atoms with Gasteiger partial charge in [-0.1, -0.05) is 12.1 Å². The summed E-state index contributed by atoms with van der Waals surface area (Å²) >= 11 is 0. The summed E-state index contributed by atoms with van der Waals surface area (Å²) in [5, 5.41) is 3.24. The minimum Gasteiger partial charge on any atom is -0.380 e. The summed E-state index contributed by atoms with van der Waals surface area (Å²) < 4.78 is 74.1. The minimum atomic E-state index is -4.34. The minimum absolute atomic E-state index is 0.0329. The molecule has 0 radical (unpaired) electrons. The molecule has 1 aliphatic carbocycles. The average molecular weight is 458 g/mol. The first-order chi connectivity index (χ1) is 14.6. The smallest absolute Gasteiger partial charge is 0.380 e. The lowest BCUT2D eigenvalue weighted by atomic mass is 9.95. The number of halogens is 3. The zero-order chi connectivity index (χ0) is 22.4. The molecule has 3 aliphatic rings. The summed E-state index contributed by atoms with van der Waals surface area (Å²) in [5.74, 6) is 0. The summed E-state index contributed by atoms with van der Waals surface area (Å²) in [4.78, 5) is 1.99. The van der Waals surface area contributed by atoms with E-state index in [4.69, 9.17) is 4.74 Å². The monoisotopic (exact) mass is 457 g/mol. The van der Waals surface area contributed by atoms with E-state index in [1.165, 1.54) is 31.4 Å². The fourth-order valence-corrected chi connectivity index (χ4v) is 5.47. The number of nitrogens with zero attached hydrogens (tertiary/aromatic N) is 1. The van der Waals surface area contributed by atoms with Gasteiger partial charge in [0.15, 0.2) is 0 Å². The molecule has 2 atom stereocenters. The Bertz CT molecular complexity index is 999. The van der Waals surface area contributed by atoms with Crippen molar-refractivity contribution in [1.82, 2.24) is 14.9 Å². The molecule has 2 aliphatic heterocycles. The number of allylic oxidation sites excluding steroid dienone is 1. The van der Waals surface area contributed by atoms with Crippen LogP contribution in [0, 0.1) is 0 Å². The van der Waals surface area contributed by atoms with Crippen molar-refractivity contribution in [3.8, 4) is 0 Å². The fourth-order valence-electron chi connectivity index (χ4n) is 4.24. The van der Waals surface area contributed by atoms with E-state index in [9.17, 15) is 21.6 Å². The van der Waals surface area contributed by atoms with Gasteiger partial charge in [0.1, 0.15) is 6.23 Å². The fraction of sp³-hybridized carbons (Fsp3) is 0.524. The predicted octanol–water partition coefficient (Wildman–Crippen LogP) is 3.00. The topological polar surface area (TPSA) is 70.7 Å². The molecule has 170 valence electrons. The lowest BCUT2D eigenvalue weighted by Gasteiger charge is -2.34. The van der Waals surface area contributed by atoms with Gasteiger partial charge in [0, 0.05) is 32.6 Å². The SMILES string of the molecule is COC1NC2=C(CCN(C)C=C2)CC1NS(=O)(=O)c1ccc(C2(C(F)(F)F)CC2)cc1. The predicted molar refractivity (Wildman–Crippen MR) is 109 cm³/mol. The van der Waals surface area contributed by atoms with E-state index >= 15 is 0 Å². The molecule has 0 bridgehead atoms. The highest BCUT2D eigenvalue weighted by Gasteiger charge is 2.64. The number of hydrogen-bond donors (Lipinski definition) is 2. The van der Waals surface area contributed by atoms with Crippen molar-refractivity contribution in [2.45, 2.75) is 54.4 Å². The van der Waals surface area contributed by atoms with Crippen LogP contribution >= 0.6 is 0 Å². The molecule has 2 unspecified atom stereocenters. The van der Waals surface area contributed by atoms with Crippen LogP contribution in [0.3, 0.4) is 0 Å². The molecule has 6 nitrogen and oxygen atoms in total. The van der Waals surface area contributed by atoms with E-state index in [0.29, 0.717) is 6.42 Å². The van der Waals surface area contributed by atoms with E-state index in [1.54, 1.807) is 0 Å². The molecule has 0 saturated heterocycles. The standard InChI is InChI=1S/C21H26F3N3O3S/c1-27-11-7-14-13-18(19(30-2)25-17(14)8-12-27)26-31(28,29)16-5-3-15(4-6-16)20(9-10-20)21(22,23)24/h3-6,8,12,18-19,25-26H,7,9-11,13H2,1-2H3. The quantitative estimate of drug-likeness (QED) is 0.712. The second-order valence-electron chi connectivity index (χ2n) is 8.40. The van der Waals surface area contributed by atoms with Gasteiger partial charge >= 0.3 is 6.18 Å². The summed E-state index contributed by atoms with van der Waals surface area (Å²) in [6, 6.07) is 4.49. The van der Waals surface area contributed by atoms with Crippen LogP contribution in [0.5, 0.6) is 0 Å². The van der Waals surface area contributed by atoms with Crippen LogP contribution in [0.15, 0.2) is 52.7 Å². The van der Waals surface area contributed by atoms with Crippen molar-refractivity contribution in [3.63, 3.8) is 0 Å². The molecule has 0 amide bonds. The van der Waals surface area contributed by atoms with Crippen molar-refractivity contribution >= 4 is 10.0 Å². The Morgan fingerprint density at radius 3 is 2.48 bits per heavy atom. The molecule has 1 fully saturated rings. The number of methoxy groups -OCH3 is 1. The molecule has 1 saturated carbocycles. The van der Waals surface area contributed by atoms with Gasteiger partial charge in [-0.05, 0) is 55.0 Å². The van der Waals surface area contributed by atoms with E-state index in [2.05, 4.69) is 14.9 Å². The van der Waals surface area contributed by atoms with E-state index < -0.39 is 33.9 Å². The lowest BCUT2D eigenvalue weighted by Crippen LogP contribution is -2.53. The Hall–Kier alpha value is -2.04. The van der Waals surface area contributed by atoms with Gasteiger partial charge in [-0.15, -0.1) is 0 Å². The third-order valence-electron chi connectivity index (χ3n) is 6.34. The highest BCUT2D eigenvalue weighted by atomic mass is 32.2. The number of hydrogen-bond acceptors (Lipinski definition) is 5. The molecule has 4 rings (SSSR count). The van der Waals surface area contributed by atoms with Crippen LogP contribution < -0.4 is 10.0 Å². The van der Waals surface area contributed by atoms with Crippen molar-refractivity contribution in [2.24, 2.45) is 0 Å². The summed E-state index contributed by atoms with van der Waals surface area (Å²) in [7, 11) is -0.473. The maximum Gasteiger partial charge on any atom is 0.398 e. The number of rotatable bonds is 5. The molecule has 1 aromatic rings. The van der Waals surface area contributed by atoms with Crippen molar-refractivity contribution in [1.29, 1.82) is 0 Å². The Labute approximate surface area is 180 Å². The molecule has 2 heterocycles. The Kier molecular flexibility index (Phi) is 5.60. The first-order valence-electron chi connectivity index (χ1n) is 10.2. The van der Waals surface area contributed by atoms with Crippen LogP contribution in [-0.2, 0) is 20.2 Å². The lowest BCUT2D eigenvalue weighted by molar-refractivity contribution is -0.160. The highest BCUT2D eigenvalue weighted by molar-refractivity contribution is 7.89. The maximum atomic E-state index is 13.3. The Morgan fingerprint density at radius 1 is 1.23 bits per heavy atom. The van der Waals surface area contributed by atoms with Gasteiger partial charge < -0.3 is 15.0 Å². The molecule has 0 spiro atoms. The van der Waals surface area contributed by atoms with Crippen LogP contribution in [0.2, 0.25) is 0 Å². The molecule has 10 heteroatoms.